The molecule has 0 aromatic heterocycles. The standard InChI is InChI=1S/C32H38N2O6/c1-4-17-38-32(37)33-27-12-8-11-26(18-27)31-39-28(19-29(40-31)24-15-13-23(21-35)14-16-24)20-34(3)22(2)30(36)25-9-6-5-7-10-25/h4-16,18,22,28-31,35-36H,1,17,19-21H2,2-3H3,(H,33,37)/t22-,28+,29-,30-,31-/m1/s1. The number of amides is 1. The number of hydrogen-bond donors (Lipinski definition) is 3. The summed E-state index contributed by atoms with van der Waals surface area (Å²) in [7, 11) is 1.98. The lowest BCUT2D eigenvalue weighted by molar-refractivity contribution is -0.253. The van der Waals surface area contributed by atoms with Gasteiger partial charge in [-0.15, -0.1) is 0 Å². The zero-order chi connectivity index (χ0) is 28.5. The molecule has 0 bridgehead atoms. The number of benzene rings is 3. The fraction of sp³-hybridized carbons (Fsp3) is 0.344. The monoisotopic (exact) mass is 546 g/mol. The van der Waals surface area contributed by atoms with Gasteiger partial charge in [-0.3, -0.25) is 10.2 Å². The van der Waals surface area contributed by atoms with Crippen LogP contribution in [0, 0.1) is 0 Å². The first kappa shape index (κ1) is 29.5. The second-order valence-electron chi connectivity index (χ2n) is 10.0. The molecule has 8 nitrogen and oxygen atoms in total. The van der Waals surface area contributed by atoms with E-state index >= 15 is 0 Å². The first-order valence-electron chi connectivity index (χ1n) is 13.5. The molecule has 40 heavy (non-hydrogen) atoms. The number of anilines is 1. The summed E-state index contributed by atoms with van der Waals surface area (Å²) in [6.45, 7) is 6.21. The summed E-state index contributed by atoms with van der Waals surface area (Å²) >= 11 is 0. The average molecular weight is 547 g/mol. The topological polar surface area (TPSA) is 100 Å². The zero-order valence-electron chi connectivity index (χ0n) is 23.0. The predicted molar refractivity (Wildman–Crippen MR) is 154 cm³/mol. The van der Waals surface area contributed by atoms with Crippen LogP contribution < -0.4 is 5.32 Å². The van der Waals surface area contributed by atoms with E-state index in [1.807, 2.05) is 80.7 Å². The van der Waals surface area contributed by atoms with Crippen molar-refractivity contribution in [3.8, 4) is 0 Å². The first-order valence-corrected chi connectivity index (χ1v) is 13.5. The predicted octanol–water partition coefficient (Wildman–Crippen LogP) is 5.51. The molecule has 0 radical (unpaired) electrons. The summed E-state index contributed by atoms with van der Waals surface area (Å²) in [6, 6.07) is 24.5. The van der Waals surface area contributed by atoms with Gasteiger partial charge in [-0.2, -0.15) is 0 Å². The Kier molecular flexibility index (Phi) is 10.5. The van der Waals surface area contributed by atoms with Gasteiger partial charge >= 0.3 is 6.09 Å². The van der Waals surface area contributed by atoms with E-state index in [-0.39, 0.29) is 31.5 Å². The maximum Gasteiger partial charge on any atom is 0.411 e. The minimum atomic E-state index is -0.685. The number of aliphatic hydroxyl groups excluding tert-OH is 2. The maximum absolute atomic E-state index is 12.1. The maximum atomic E-state index is 12.1. The number of nitrogens with one attached hydrogen (secondary N) is 1. The number of carbonyl (C=O) groups is 1. The molecule has 1 heterocycles. The van der Waals surface area contributed by atoms with E-state index in [0.717, 1.165) is 22.3 Å². The Morgan fingerprint density at radius 2 is 1.85 bits per heavy atom. The molecule has 3 aromatic carbocycles. The van der Waals surface area contributed by atoms with Crippen LogP contribution in [-0.4, -0.2) is 53.6 Å². The second-order valence-corrected chi connectivity index (χ2v) is 10.0. The van der Waals surface area contributed by atoms with Crippen LogP contribution in [0.1, 0.15) is 54.1 Å². The summed E-state index contributed by atoms with van der Waals surface area (Å²) in [5.74, 6) is 0. The molecule has 3 N–H and O–H groups in total. The summed E-state index contributed by atoms with van der Waals surface area (Å²) in [5.41, 5.74) is 3.99. The van der Waals surface area contributed by atoms with Crippen LogP contribution in [0.25, 0.3) is 0 Å². The lowest BCUT2D eigenvalue weighted by Gasteiger charge is -2.39. The van der Waals surface area contributed by atoms with Gasteiger partial charge in [-0.25, -0.2) is 4.79 Å². The van der Waals surface area contributed by atoms with Crippen molar-refractivity contribution in [3.63, 3.8) is 0 Å². The number of hydrogen-bond acceptors (Lipinski definition) is 7. The molecule has 1 aliphatic heterocycles. The molecule has 5 atom stereocenters. The summed E-state index contributed by atoms with van der Waals surface area (Å²) in [5, 5.41) is 23.2. The van der Waals surface area contributed by atoms with Crippen molar-refractivity contribution >= 4 is 11.8 Å². The number of ether oxygens (including phenoxy) is 3. The highest BCUT2D eigenvalue weighted by Gasteiger charge is 2.34. The highest BCUT2D eigenvalue weighted by atomic mass is 16.7. The summed E-state index contributed by atoms with van der Waals surface area (Å²) in [4.78, 5) is 14.2. The third-order valence-electron chi connectivity index (χ3n) is 7.14. The van der Waals surface area contributed by atoms with Crippen LogP contribution in [0.5, 0.6) is 0 Å². The first-order chi connectivity index (χ1) is 19.4. The molecule has 0 aliphatic carbocycles. The Morgan fingerprint density at radius 1 is 1.10 bits per heavy atom. The number of likely N-dealkylation sites (N-methyl/N-ethyl adjacent to an activating group) is 1. The van der Waals surface area contributed by atoms with Crippen molar-refractivity contribution in [2.24, 2.45) is 0 Å². The molecule has 0 spiro atoms. The highest BCUT2D eigenvalue weighted by Crippen LogP contribution is 2.39. The van der Waals surface area contributed by atoms with Crippen LogP contribution >= 0.6 is 0 Å². The second kappa shape index (κ2) is 14.2. The van der Waals surface area contributed by atoms with E-state index in [1.165, 1.54) is 6.08 Å². The lowest BCUT2D eigenvalue weighted by atomic mass is 9.98. The smallest absolute Gasteiger partial charge is 0.411 e. The molecule has 0 unspecified atom stereocenters. The van der Waals surface area contributed by atoms with Crippen molar-refractivity contribution in [2.75, 3.05) is 25.5 Å². The largest absolute Gasteiger partial charge is 0.445 e. The molecule has 0 saturated carbocycles. The van der Waals surface area contributed by atoms with E-state index in [1.54, 1.807) is 12.1 Å². The molecule has 1 fully saturated rings. The SMILES string of the molecule is C=CCOC(=O)Nc1cccc([C@@H]2O[C@H](CN(C)[C@H](C)[C@@H](O)c3ccccc3)C[C@H](c3ccc(CO)cc3)O2)c1. The molecule has 1 amide bonds. The summed E-state index contributed by atoms with van der Waals surface area (Å²) < 4.78 is 17.9. The van der Waals surface area contributed by atoms with Crippen LogP contribution in [-0.2, 0) is 20.8 Å². The molecular formula is C32H38N2O6. The Morgan fingerprint density at radius 3 is 2.55 bits per heavy atom. The van der Waals surface area contributed by atoms with Gasteiger partial charge < -0.3 is 24.4 Å². The zero-order valence-corrected chi connectivity index (χ0v) is 23.0. The number of carbonyl (C=O) groups excluding carboxylic acids is 1. The summed E-state index contributed by atoms with van der Waals surface area (Å²) in [6.07, 6.45) is -0.250. The quantitative estimate of drug-likeness (QED) is 0.273. The van der Waals surface area contributed by atoms with E-state index < -0.39 is 18.5 Å². The van der Waals surface area contributed by atoms with Crippen molar-refractivity contribution in [1.82, 2.24) is 4.90 Å². The molecule has 4 rings (SSSR count). The molecule has 1 aliphatic rings. The van der Waals surface area contributed by atoms with Gasteiger partial charge in [0.25, 0.3) is 0 Å². The van der Waals surface area contributed by atoms with Crippen molar-refractivity contribution in [2.45, 2.75) is 50.6 Å². The van der Waals surface area contributed by atoms with Gasteiger partial charge in [0.1, 0.15) is 6.61 Å². The van der Waals surface area contributed by atoms with E-state index in [0.29, 0.717) is 18.7 Å². The van der Waals surface area contributed by atoms with Crippen molar-refractivity contribution < 1.29 is 29.2 Å². The fourth-order valence-corrected chi connectivity index (χ4v) is 4.74. The highest BCUT2D eigenvalue weighted by molar-refractivity contribution is 5.84. The van der Waals surface area contributed by atoms with Crippen molar-refractivity contribution in [1.29, 1.82) is 0 Å². The van der Waals surface area contributed by atoms with E-state index in [9.17, 15) is 15.0 Å². The normalized spacial score (nSPS) is 20.5. The number of aliphatic hydroxyl groups is 2. The minimum absolute atomic E-state index is 0.0262. The van der Waals surface area contributed by atoms with Crippen LogP contribution in [0.3, 0.4) is 0 Å². The van der Waals surface area contributed by atoms with Gasteiger partial charge in [0, 0.05) is 30.3 Å². The fourth-order valence-electron chi connectivity index (χ4n) is 4.74. The third kappa shape index (κ3) is 7.78. The van der Waals surface area contributed by atoms with Gasteiger partial charge in [-0.05, 0) is 42.8 Å². The lowest BCUT2D eigenvalue weighted by Crippen LogP contribution is -2.43. The van der Waals surface area contributed by atoms with Gasteiger partial charge in [0.05, 0.1) is 24.9 Å². The third-order valence-corrected chi connectivity index (χ3v) is 7.14. The molecule has 8 heteroatoms. The van der Waals surface area contributed by atoms with Gasteiger partial charge in [0.15, 0.2) is 6.29 Å². The minimum Gasteiger partial charge on any atom is -0.445 e. The van der Waals surface area contributed by atoms with Crippen LogP contribution in [0.15, 0.2) is 91.5 Å². The number of nitrogens with zero attached hydrogens (tertiary/aromatic N) is 1. The Bertz CT molecular complexity index is 1240. The van der Waals surface area contributed by atoms with Crippen LogP contribution in [0.2, 0.25) is 0 Å². The van der Waals surface area contributed by atoms with E-state index in [2.05, 4.69) is 16.8 Å². The Hall–Kier alpha value is -3.53. The Balaban J connectivity index is 1.52. The molecular weight excluding hydrogens is 508 g/mol. The van der Waals surface area contributed by atoms with Gasteiger partial charge in [-0.1, -0.05) is 79.4 Å². The molecule has 212 valence electrons. The van der Waals surface area contributed by atoms with Gasteiger partial charge in [0.2, 0.25) is 0 Å². The Labute approximate surface area is 235 Å². The average Bonchev–Trinajstić information content (AvgIpc) is 2.99. The van der Waals surface area contributed by atoms with Crippen LogP contribution in [0.4, 0.5) is 10.5 Å². The molecule has 1 saturated heterocycles. The molecule has 3 aromatic rings. The van der Waals surface area contributed by atoms with E-state index in [4.69, 9.17) is 14.2 Å². The van der Waals surface area contributed by atoms with Crippen molar-refractivity contribution in [3.05, 3.63) is 114 Å². The number of rotatable bonds is 11.